The normalized spacial score (nSPS) is 18.4. The maximum absolute atomic E-state index is 13.9. The number of Topliss-reactive ketones (excluding diaryl/α,β-unsaturated/α-hetero) is 1. The SMILES string of the molecule is COc1cc(C2C(C(=O)OCc3ccccc3)=C(C)NC3=C2C(=O)CC(c2ccc(OC)c(OC)c2)C3)ccc1O. The lowest BCUT2D eigenvalue weighted by Gasteiger charge is -2.37. The number of nitrogens with one attached hydrogen (secondary N) is 1. The largest absolute Gasteiger partial charge is 0.504 e. The van der Waals surface area contributed by atoms with Gasteiger partial charge in [-0.3, -0.25) is 4.79 Å². The standard InChI is InChI=1S/C33H33NO7/c1-19-30(33(37)41-18-20-8-6-5-7-9-20)31(22-10-12-25(35)28(17-22)39-3)32-24(34-19)14-23(15-26(32)36)21-11-13-27(38-2)29(16-21)40-4/h5-13,16-17,23,31,34-35H,14-15,18H2,1-4H3. The first kappa shape index (κ1) is 27.8. The molecule has 2 aliphatic rings. The number of phenols is 1. The minimum absolute atomic E-state index is 0.0308. The third kappa shape index (κ3) is 5.50. The summed E-state index contributed by atoms with van der Waals surface area (Å²) in [6.45, 7) is 1.92. The molecule has 2 atom stereocenters. The van der Waals surface area contributed by atoms with Gasteiger partial charge < -0.3 is 29.4 Å². The molecule has 0 saturated carbocycles. The Morgan fingerprint density at radius 1 is 0.878 bits per heavy atom. The second-order valence-corrected chi connectivity index (χ2v) is 10.1. The number of methoxy groups -OCH3 is 3. The molecular formula is C33H33NO7. The van der Waals surface area contributed by atoms with Gasteiger partial charge in [-0.15, -0.1) is 0 Å². The Morgan fingerprint density at radius 3 is 2.27 bits per heavy atom. The number of carbonyl (C=O) groups is 2. The number of hydrogen-bond donors (Lipinski definition) is 2. The summed E-state index contributed by atoms with van der Waals surface area (Å²) in [5.41, 5.74) is 4.71. The highest BCUT2D eigenvalue weighted by atomic mass is 16.5. The number of carbonyl (C=O) groups excluding carboxylic acids is 2. The molecule has 0 radical (unpaired) electrons. The zero-order valence-electron chi connectivity index (χ0n) is 23.5. The minimum atomic E-state index is -0.692. The predicted octanol–water partition coefficient (Wildman–Crippen LogP) is 5.52. The van der Waals surface area contributed by atoms with Crippen molar-refractivity contribution in [1.82, 2.24) is 5.32 Å². The van der Waals surface area contributed by atoms with E-state index >= 15 is 0 Å². The topological polar surface area (TPSA) is 103 Å². The van der Waals surface area contributed by atoms with Gasteiger partial charge in [-0.2, -0.15) is 0 Å². The van der Waals surface area contributed by atoms with Crippen LogP contribution in [0.4, 0.5) is 0 Å². The number of benzene rings is 3. The van der Waals surface area contributed by atoms with Crippen LogP contribution in [0.2, 0.25) is 0 Å². The lowest BCUT2D eigenvalue weighted by Crippen LogP contribution is -2.36. The van der Waals surface area contributed by atoms with Crippen LogP contribution in [0, 0.1) is 0 Å². The second kappa shape index (κ2) is 11.8. The van der Waals surface area contributed by atoms with E-state index in [0.29, 0.717) is 40.3 Å². The van der Waals surface area contributed by atoms with E-state index in [-0.39, 0.29) is 36.2 Å². The second-order valence-electron chi connectivity index (χ2n) is 10.1. The predicted molar refractivity (Wildman–Crippen MR) is 153 cm³/mol. The smallest absolute Gasteiger partial charge is 0.337 e. The Hall–Kier alpha value is -4.72. The van der Waals surface area contributed by atoms with Crippen LogP contribution >= 0.6 is 0 Å². The van der Waals surface area contributed by atoms with Crippen LogP contribution < -0.4 is 19.5 Å². The molecule has 0 bridgehead atoms. The number of aromatic hydroxyl groups is 1. The molecule has 0 amide bonds. The molecule has 0 fully saturated rings. The van der Waals surface area contributed by atoms with Crippen molar-refractivity contribution in [3.05, 3.63) is 106 Å². The molecule has 3 aromatic carbocycles. The van der Waals surface area contributed by atoms with Crippen molar-refractivity contribution in [2.45, 2.75) is 38.2 Å². The molecule has 2 N–H and O–H groups in total. The summed E-state index contributed by atoms with van der Waals surface area (Å²) in [6, 6.07) is 20.0. The minimum Gasteiger partial charge on any atom is -0.504 e. The van der Waals surface area contributed by atoms with Crippen molar-refractivity contribution in [1.29, 1.82) is 0 Å². The Labute approximate surface area is 239 Å². The van der Waals surface area contributed by atoms with Gasteiger partial charge in [0.1, 0.15) is 6.61 Å². The number of ether oxygens (including phenoxy) is 4. The summed E-state index contributed by atoms with van der Waals surface area (Å²) in [7, 11) is 4.63. The number of hydrogen-bond acceptors (Lipinski definition) is 8. The first-order chi connectivity index (χ1) is 19.8. The van der Waals surface area contributed by atoms with Crippen molar-refractivity contribution in [3.63, 3.8) is 0 Å². The van der Waals surface area contributed by atoms with E-state index in [4.69, 9.17) is 18.9 Å². The summed E-state index contributed by atoms with van der Waals surface area (Å²) in [4.78, 5) is 27.6. The van der Waals surface area contributed by atoms with E-state index in [2.05, 4.69) is 5.32 Å². The van der Waals surface area contributed by atoms with Crippen LogP contribution in [0.25, 0.3) is 0 Å². The van der Waals surface area contributed by atoms with Crippen LogP contribution in [-0.2, 0) is 20.9 Å². The fourth-order valence-corrected chi connectivity index (χ4v) is 5.66. The van der Waals surface area contributed by atoms with Gasteiger partial charge in [0.2, 0.25) is 0 Å². The number of esters is 1. The summed E-state index contributed by atoms with van der Waals surface area (Å²) in [5, 5.41) is 13.6. The molecule has 5 rings (SSSR count). The number of ketones is 1. The molecule has 0 saturated heterocycles. The first-order valence-corrected chi connectivity index (χ1v) is 13.4. The number of rotatable bonds is 8. The zero-order valence-corrected chi connectivity index (χ0v) is 23.5. The molecule has 212 valence electrons. The van der Waals surface area contributed by atoms with Gasteiger partial charge in [-0.1, -0.05) is 42.5 Å². The highest BCUT2D eigenvalue weighted by Crippen LogP contribution is 2.47. The van der Waals surface area contributed by atoms with E-state index in [9.17, 15) is 14.7 Å². The number of allylic oxidation sites excluding steroid dienone is 3. The summed E-state index contributed by atoms with van der Waals surface area (Å²) < 4.78 is 22.0. The average molecular weight is 556 g/mol. The number of dihydropyridines is 1. The monoisotopic (exact) mass is 555 g/mol. The molecule has 1 aliphatic carbocycles. The lowest BCUT2D eigenvalue weighted by atomic mass is 9.71. The Kier molecular flexibility index (Phi) is 8.01. The van der Waals surface area contributed by atoms with Crippen LogP contribution in [0.15, 0.2) is 89.3 Å². The van der Waals surface area contributed by atoms with E-state index in [1.807, 2.05) is 55.5 Å². The lowest BCUT2D eigenvalue weighted by molar-refractivity contribution is -0.140. The molecule has 3 aromatic rings. The molecule has 1 aliphatic heterocycles. The van der Waals surface area contributed by atoms with Crippen molar-refractivity contribution >= 4 is 11.8 Å². The van der Waals surface area contributed by atoms with Gasteiger partial charge in [0.25, 0.3) is 0 Å². The van der Waals surface area contributed by atoms with Gasteiger partial charge >= 0.3 is 5.97 Å². The van der Waals surface area contributed by atoms with Gasteiger partial charge in [-0.05, 0) is 60.2 Å². The summed E-state index contributed by atoms with van der Waals surface area (Å²) in [6.07, 6.45) is 0.819. The molecule has 0 aromatic heterocycles. The highest BCUT2D eigenvalue weighted by molar-refractivity contribution is 6.04. The van der Waals surface area contributed by atoms with E-state index in [0.717, 1.165) is 16.8 Å². The fourth-order valence-electron chi connectivity index (χ4n) is 5.66. The van der Waals surface area contributed by atoms with Crippen molar-refractivity contribution in [3.8, 4) is 23.0 Å². The maximum atomic E-state index is 13.9. The van der Waals surface area contributed by atoms with Crippen molar-refractivity contribution in [2.75, 3.05) is 21.3 Å². The molecule has 8 heteroatoms. The average Bonchev–Trinajstić information content (AvgIpc) is 2.99. The van der Waals surface area contributed by atoms with E-state index < -0.39 is 11.9 Å². The van der Waals surface area contributed by atoms with Crippen LogP contribution in [-0.4, -0.2) is 38.2 Å². The number of phenolic OH excluding ortho intramolecular Hbond substituents is 1. The van der Waals surface area contributed by atoms with E-state index in [1.54, 1.807) is 26.4 Å². The van der Waals surface area contributed by atoms with Gasteiger partial charge in [0.05, 0.1) is 26.9 Å². The van der Waals surface area contributed by atoms with Crippen molar-refractivity contribution < 1.29 is 33.6 Å². The molecule has 8 nitrogen and oxygen atoms in total. The Balaban J connectivity index is 1.54. The third-order valence-electron chi connectivity index (χ3n) is 7.68. The molecular weight excluding hydrogens is 522 g/mol. The van der Waals surface area contributed by atoms with Crippen LogP contribution in [0.3, 0.4) is 0 Å². The molecule has 2 unspecified atom stereocenters. The molecule has 0 spiro atoms. The van der Waals surface area contributed by atoms with Crippen molar-refractivity contribution in [2.24, 2.45) is 0 Å². The van der Waals surface area contributed by atoms with E-state index in [1.165, 1.54) is 13.2 Å². The highest BCUT2D eigenvalue weighted by Gasteiger charge is 2.41. The maximum Gasteiger partial charge on any atom is 0.337 e. The Bertz CT molecular complexity index is 1540. The van der Waals surface area contributed by atoms with Crippen LogP contribution in [0.1, 0.15) is 48.3 Å². The third-order valence-corrected chi connectivity index (χ3v) is 7.68. The first-order valence-electron chi connectivity index (χ1n) is 13.4. The van der Waals surface area contributed by atoms with Crippen LogP contribution in [0.5, 0.6) is 23.0 Å². The van der Waals surface area contributed by atoms with Gasteiger partial charge in [0, 0.05) is 29.3 Å². The Morgan fingerprint density at radius 2 is 1.56 bits per heavy atom. The molecule has 41 heavy (non-hydrogen) atoms. The molecule has 1 heterocycles. The van der Waals surface area contributed by atoms with Gasteiger partial charge in [-0.25, -0.2) is 4.79 Å². The van der Waals surface area contributed by atoms with Gasteiger partial charge in [0.15, 0.2) is 28.8 Å². The quantitative estimate of drug-likeness (QED) is 0.350. The zero-order chi connectivity index (χ0) is 29.1. The summed E-state index contributed by atoms with van der Waals surface area (Å²) >= 11 is 0. The summed E-state index contributed by atoms with van der Waals surface area (Å²) in [5.74, 6) is 0.0656. The fraction of sp³-hybridized carbons (Fsp3) is 0.273.